The van der Waals surface area contributed by atoms with Gasteiger partial charge in [-0.1, -0.05) is 0 Å². The molecule has 0 spiro atoms. The number of hydrogen-bond donors (Lipinski definition) is 2. The molecule has 0 aromatic rings. The zero-order valence-electron chi connectivity index (χ0n) is 7.17. The SMILES string of the molecule is CN(C)C.OCCCCO. The van der Waals surface area contributed by atoms with Crippen LogP contribution in [0.5, 0.6) is 0 Å². The molecule has 3 heteroatoms. The minimum absolute atomic E-state index is 0.195. The summed E-state index contributed by atoms with van der Waals surface area (Å²) in [6.07, 6.45) is 1.44. The number of unbranched alkanes of at least 4 members (excludes halogenated alkanes) is 1. The number of rotatable bonds is 3. The summed E-state index contributed by atoms with van der Waals surface area (Å²) in [6, 6.07) is 0. The molecule has 2 N–H and O–H groups in total. The van der Waals surface area contributed by atoms with Crippen LogP contribution in [0.25, 0.3) is 0 Å². The van der Waals surface area contributed by atoms with Gasteiger partial charge >= 0.3 is 0 Å². The average molecular weight is 149 g/mol. The van der Waals surface area contributed by atoms with Crippen LogP contribution in [0.1, 0.15) is 12.8 Å². The second kappa shape index (κ2) is 11.6. The Hall–Kier alpha value is -0.120. The molecule has 0 radical (unpaired) electrons. The largest absolute Gasteiger partial charge is 0.396 e. The van der Waals surface area contributed by atoms with Gasteiger partial charge in [0.05, 0.1) is 0 Å². The smallest absolute Gasteiger partial charge is 0.0431 e. The maximum absolute atomic E-state index is 8.09. The van der Waals surface area contributed by atoms with Crippen molar-refractivity contribution in [1.82, 2.24) is 4.90 Å². The molecule has 0 aromatic heterocycles. The third-order valence-electron chi connectivity index (χ3n) is 0.566. The van der Waals surface area contributed by atoms with E-state index in [2.05, 4.69) is 0 Å². The third kappa shape index (κ3) is 45.0. The van der Waals surface area contributed by atoms with Crippen molar-refractivity contribution in [3.05, 3.63) is 0 Å². The van der Waals surface area contributed by atoms with E-state index in [1.54, 1.807) is 0 Å². The molecule has 0 heterocycles. The van der Waals surface area contributed by atoms with E-state index in [0.717, 1.165) is 12.8 Å². The van der Waals surface area contributed by atoms with Gasteiger partial charge in [0.2, 0.25) is 0 Å². The van der Waals surface area contributed by atoms with Crippen molar-refractivity contribution < 1.29 is 10.2 Å². The minimum atomic E-state index is 0.195. The van der Waals surface area contributed by atoms with Crippen molar-refractivity contribution in [1.29, 1.82) is 0 Å². The van der Waals surface area contributed by atoms with E-state index in [-0.39, 0.29) is 13.2 Å². The van der Waals surface area contributed by atoms with Crippen LogP contribution < -0.4 is 0 Å². The van der Waals surface area contributed by atoms with Gasteiger partial charge in [0.1, 0.15) is 0 Å². The Morgan fingerprint density at radius 3 is 1.20 bits per heavy atom. The Balaban J connectivity index is 0. The molecule has 10 heavy (non-hydrogen) atoms. The van der Waals surface area contributed by atoms with Gasteiger partial charge < -0.3 is 15.1 Å². The third-order valence-corrected chi connectivity index (χ3v) is 0.566. The number of hydrogen-bond acceptors (Lipinski definition) is 3. The summed E-state index contributed by atoms with van der Waals surface area (Å²) in [6.45, 7) is 0.390. The van der Waals surface area contributed by atoms with Crippen LogP contribution in [0.2, 0.25) is 0 Å². The highest BCUT2D eigenvalue weighted by Crippen LogP contribution is 1.80. The summed E-state index contributed by atoms with van der Waals surface area (Å²) in [5, 5.41) is 16.2. The molecule has 64 valence electrons. The van der Waals surface area contributed by atoms with Crippen LogP contribution in [-0.2, 0) is 0 Å². The lowest BCUT2D eigenvalue weighted by molar-refractivity contribution is 0.242. The lowest BCUT2D eigenvalue weighted by Crippen LogP contribution is -1.99. The zero-order valence-corrected chi connectivity index (χ0v) is 7.17. The van der Waals surface area contributed by atoms with Crippen LogP contribution in [0, 0.1) is 0 Å². The molecular formula is C7H19NO2. The standard InChI is InChI=1S/C4H10O2.C3H9N/c5-3-1-2-4-6;1-4(2)3/h5-6H,1-4H2;1-3H3. The van der Waals surface area contributed by atoms with Crippen LogP contribution in [-0.4, -0.2) is 49.5 Å². The quantitative estimate of drug-likeness (QED) is 0.552. The Labute approximate surface area is 63.3 Å². The summed E-state index contributed by atoms with van der Waals surface area (Å²) in [5.74, 6) is 0. The number of nitrogens with zero attached hydrogens (tertiary/aromatic N) is 1. The first-order chi connectivity index (χ1) is 4.65. The Morgan fingerprint density at radius 1 is 0.900 bits per heavy atom. The first kappa shape index (κ1) is 12.5. The van der Waals surface area contributed by atoms with E-state index in [1.165, 1.54) is 0 Å². The van der Waals surface area contributed by atoms with Crippen molar-refractivity contribution in [3.63, 3.8) is 0 Å². The first-order valence-electron chi connectivity index (χ1n) is 3.47. The van der Waals surface area contributed by atoms with E-state index >= 15 is 0 Å². The van der Waals surface area contributed by atoms with Crippen molar-refractivity contribution >= 4 is 0 Å². The van der Waals surface area contributed by atoms with Gasteiger partial charge in [-0.2, -0.15) is 0 Å². The molecule has 0 aliphatic heterocycles. The van der Waals surface area contributed by atoms with E-state index in [4.69, 9.17) is 10.2 Å². The molecule has 0 bridgehead atoms. The molecule has 0 saturated carbocycles. The summed E-state index contributed by atoms with van der Waals surface area (Å²) in [7, 11) is 6.00. The van der Waals surface area contributed by atoms with Crippen molar-refractivity contribution in [2.45, 2.75) is 12.8 Å². The van der Waals surface area contributed by atoms with Gasteiger partial charge in [-0.25, -0.2) is 0 Å². The van der Waals surface area contributed by atoms with Gasteiger partial charge in [-0.3, -0.25) is 0 Å². The highest BCUT2D eigenvalue weighted by Gasteiger charge is 1.77. The maximum Gasteiger partial charge on any atom is 0.0431 e. The number of aliphatic hydroxyl groups is 2. The van der Waals surface area contributed by atoms with Crippen molar-refractivity contribution in [2.75, 3.05) is 34.4 Å². The second-order valence-electron chi connectivity index (χ2n) is 2.50. The van der Waals surface area contributed by atoms with Gasteiger partial charge in [0.15, 0.2) is 0 Å². The van der Waals surface area contributed by atoms with Crippen LogP contribution >= 0.6 is 0 Å². The summed E-state index contributed by atoms with van der Waals surface area (Å²) < 4.78 is 0. The van der Waals surface area contributed by atoms with E-state index in [0.29, 0.717) is 0 Å². The van der Waals surface area contributed by atoms with Crippen LogP contribution in [0.4, 0.5) is 0 Å². The molecule has 0 aliphatic carbocycles. The van der Waals surface area contributed by atoms with E-state index < -0.39 is 0 Å². The van der Waals surface area contributed by atoms with Gasteiger partial charge in [0, 0.05) is 13.2 Å². The van der Waals surface area contributed by atoms with E-state index in [9.17, 15) is 0 Å². The van der Waals surface area contributed by atoms with Gasteiger partial charge in [-0.05, 0) is 34.0 Å². The fraction of sp³-hybridized carbons (Fsp3) is 1.00. The van der Waals surface area contributed by atoms with Crippen LogP contribution in [0.15, 0.2) is 0 Å². The zero-order chi connectivity index (χ0) is 8.41. The molecule has 0 atom stereocenters. The monoisotopic (exact) mass is 149 g/mol. The average Bonchev–Trinajstić information content (AvgIpc) is 1.82. The lowest BCUT2D eigenvalue weighted by Gasteiger charge is -1.90. The van der Waals surface area contributed by atoms with Crippen molar-refractivity contribution in [2.24, 2.45) is 0 Å². The summed E-state index contributed by atoms with van der Waals surface area (Å²) in [5.41, 5.74) is 0. The molecule has 0 aromatic carbocycles. The normalized spacial score (nSPS) is 9.00. The highest BCUT2D eigenvalue weighted by atomic mass is 16.3. The molecule has 0 aliphatic rings. The summed E-state index contributed by atoms with van der Waals surface area (Å²) in [4.78, 5) is 2.00. The maximum atomic E-state index is 8.09. The molecule has 0 unspecified atom stereocenters. The fourth-order valence-corrected chi connectivity index (χ4v) is 0.224. The fourth-order valence-electron chi connectivity index (χ4n) is 0.224. The first-order valence-corrected chi connectivity index (χ1v) is 3.47. The predicted octanol–water partition coefficient (Wildman–Crippen LogP) is -0.0710. The van der Waals surface area contributed by atoms with Crippen LogP contribution in [0.3, 0.4) is 0 Å². The van der Waals surface area contributed by atoms with Gasteiger partial charge in [-0.15, -0.1) is 0 Å². The topological polar surface area (TPSA) is 43.7 Å². The molecule has 3 nitrogen and oxygen atoms in total. The predicted molar refractivity (Wildman–Crippen MR) is 43.0 cm³/mol. The Bertz CT molecular complexity index is 42.1. The second-order valence-corrected chi connectivity index (χ2v) is 2.50. The Morgan fingerprint density at radius 2 is 1.10 bits per heavy atom. The molecule has 0 rings (SSSR count). The minimum Gasteiger partial charge on any atom is -0.396 e. The lowest BCUT2D eigenvalue weighted by atomic mass is 10.3. The van der Waals surface area contributed by atoms with E-state index in [1.807, 2.05) is 26.0 Å². The molecular weight excluding hydrogens is 130 g/mol. The molecule has 0 fully saturated rings. The number of aliphatic hydroxyl groups excluding tert-OH is 2. The Kier molecular flexibility index (Phi) is 14.6. The molecule has 0 amide bonds. The molecule has 0 saturated heterocycles. The highest BCUT2D eigenvalue weighted by molar-refractivity contribution is 4.30. The van der Waals surface area contributed by atoms with Crippen molar-refractivity contribution in [3.8, 4) is 0 Å². The summed E-state index contributed by atoms with van der Waals surface area (Å²) >= 11 is 0. The van der Waals surface area contributed by atoms with Gasteiger partial charge in [0.25, 0.3) is 0 Å².